The Morgan fingerprint density at radius 3 is 2.65 bits per heavy atom. The molecular weight excluding hydrogens is 295 g/mol. The van der Waals surface area contributed by atoms with Gasteiger partial charge in [-0.25, -0.2) is 9.97 Å². The molecule has 1 aromatic carbocycles. The summed E-state index contributed by atoms with van der Waals surface area (Å²) in [5.74, 6) is -0.250. The van der Waals surface area contributed by atoms with Crippen LogP contribution in [0.2, 0.25) is 0 Å². The van der Waals surface area contributed by atoms with Gasteiger partial charge in [-0.05, 0) is 17.1 Å². The number of imidazole rings is 1. The van der Waals surface area contributed by atoms with Gasteiger partial charge in [0.1, 0.15) is 5.69 Å². The van der Waals surface area contributed by atoms with Crippen molar-refractivity contribution in [2.45, 2.75) is 6.54 Å². The van der Waals surface area contributed by atoms with Crippen molar-refractivity contribution in [2.24, 2.45) is 0 Å². The van der Waals surface area contributed by atoms with E-state index >= 15 is 0 Å². The number of nitrogens with one attached hydrogen (secondary N) is 1. The number of fused-ring (bicyclic) bond motifs is 1. The van der Waals surface area contributed by atoms with E-state index in [9.17, 15) is 4.79 Å². The Hall–Kier alpha value is -2.71. The Kier molecular flexibility index (Phi) is 4.09. The third-order valence-corrected chi connectivity index (χ3v) is 3.60. The predicted molar refractivity (Wildman–Crippen MR) is 86.3 cm³/mol. The van der Waals surface area contributed by atoms with Crippen molar-refractivity contribution in [3.05, 3.63) is 54.1 Å². The lowest BCUT2D eigenvalue weighted by Crippen LogP contribution is -2.29. The third-order valence-electron chi connectivity index (χ3n) is 3.60. The molecule has 1 amide bonds. The molecule has 3 N–H and O–H groups in total. The minimum absolute atomic E-state index is 0.250. The van der Waals surface area contributed by atoms with Crippen LogP contribution in [0.15, 0.2) is 42.9 Å². The second-order valence-electron chi connectivity index (χ2n) is 5.13. The highest BCUT2D eigenvalue weighted by Crippen LogP contribution is 2.14. The zero-order valence-corrected chi connectivity index (χ0v) is 12.5. The van der Waals surface area contributed by atoms with Gasteiger partial charge in [-0.2, -0.15) is 0 Å². The summed E-state index contributed by atoms with van der Waals surface area (Å²) in [6.45, 7) is 0.569. The molecule has 0 aliphatic heterocycles. The van der Waals surface area contributed by atoms with Gasteiger partial charge in [0.05, 0.1) is 23.6 Å². The first-order valence-electron chi connectivity index (χ1n) is 7.06. The number of carbonyl (C=O) groups excluding carboxylic acids is 1. The van der Waals surface area contributed by atoms with E-state index in [0.717, 1.165) is 11.1 Å². The lowest BCUT2D eigenvalue weighted by atomic mass is 9.80. The second kappa shape index (κ2) is 6.19. The topological polar surface area (TPSA) is 100 Å². The van der Waals surface area contributed by atoms with Gasteiger partial charge in [0, 0.05) is 13.6 Å². The van der Waals surface area contributed by atoms with Crippen molar-refractivity contribution in [3.8, 4) is 0 Å². The van der Waals surface area contributed by atoms with Crippen LogP contribution in [-0.2, 0) is 6.54 Å². The number of amides is 1. The Morgan fingerprint density at radius 2 is 2.00 bits per heavy atom. The summed E-state index contributed by atoms with van der Waals surface area (Å²) >= 11 is 0. The number of hydrogen-bond acceptors (Lipinski definition) is 5. The van der Waals surface area contributed by atoms with Gasteiger partial charge >= 0.3 is 7.12 Å². The van der Waals surface area contributed by atoms with Crippen LogP contribution in [0.4, 0.5) is 0 Å². The standard InChI is InChI=1S/C15H15BN4O3/c1-17-15(21)13-6-12-14(7-18-13)20(9-19-12)8-10-2-4-11(5-3-10)16(22)23/h2-7,9,22-23H,8H2,1H3,(H,17,21). The fourth-order valence-electron chi connectivity index (χ4n) is 2.33. The molecule has 0 fully saturated rings. The Morgan fingerprint density at radius 1 is 1.26 bits per heavy atom. The molecule has 3 rings (SSSR count). The van der Waals surface area contributed by atoms with Gasteiger partial charge in [0.25, 0.3) is 5.91 Å². The molecule has 0 unspecified atom stereocenters. The van der Waals surface area contributed by atoms with E-state index in [4.69, 9.17) is 10.0 Å². The van der Waals surface area contributed by atoms with Crippen LogP contribution in [0, 0.1) is 0 Å². The number of rotatable bonds is 4. The van der Waals surface area contributed by atoms with Gasteiger partial charge in [-0.15, -0.1) is 0 Å². The third kappa shape index (κ3) is 3.08. The molecule has 0 atom stereocenters. The molecule has 116 valence electrons. The molecule has 0 bridgehead atoms. The fraction of sp³-hybridized carbons (Fsp3) is 0.133. The second-order valence-corrected chi connectivity index (χ2v) is 5.13. The summed E-state index contributed by atoms with van der Waals surface area (Å²) in [6.07, 6.45) is 3.31. The van der Waals surface area contributed by atoms with Crippen molar-refractivity contribution in [1.82, 2.24) is 19.9 Å². The average molecular weight is 310 g/mol. The Bertz CT molecular complexity index is 846. The molecule has 0 spiro atoms. The normalized spacial score (nSPS) is 10.7. The molecule has 0 aliphatic rings. The molecule has 7 nitrogen and oxygen atoms in total. The summed E-state index contributed by atoms with van der Waals surface area (Å²) in [5.41, 5.74) is 3.28. The first kappa shape index (κ1) is 15.2. The first-order chi connectivity index (χ1) is 11.1. The summed E-state index contributed by atoms with van der Waals surface area (Å²) in [7, 11) is 0.0882. The van der Waals surface area contributed by atoms with Crippen LogP contribution >= 0.6 is 0 Å². The molecule has 2 aromatic heterocycles. The number of hydrogen-bond donors (Lipinski definition) is 3. The largest absolute Gasteiger partial charge is 0.488 e. The summed E-state index contributed by atoms with van der Waals surface area (Å²) in [6, 6.07) is 8.64. The fourth-order valence-corrected chi connectivity index (χ4v) is 2.33. The van der Waals surface area contributed by atoms with Crippen molar-refractivity contribution in [2.75, 3.05) is 7.05 Å². The predicted octanol–water partition coefficient (Wildman–Crippen LogP) is -0.481. The highest BCUT2D eigenvalue weighted by Gasteiger charge is 2.11. The van der Waals surface area contributed by atoms with Gasteiger partial charge < -0.3 is 19.9 Å². The molecule has 0 aliphatic carbocycles. The summed E-state index contributed by atoms with van der Waals surface area (Å²) < 4.78 is 1.92. The average Bonchev–Trinajstić information content (AvgIpc) is 2.96. The highest BCUT2D eigenvalue weighted by molar-refractivity contribution is 6.58. The lowest BCUT2D eigenvalue weighted by Gasteiger charge is -2.06. The van der Waals surface area contributed by atoms with Gasteiger partial charge in [-0.1, -0.05) is 24.3 Å². The number of carbonyl (C=O) groups is 1. The molecular formula is C15H15BN4O3. The molecule has 0 radical (unpaired) electrons. The van der Waals surface area contributed by atoms with E-state index in [-0.39, 0.29) is 5.91 Å². The Labute approximate surface area is 132 Å². The van der Waals surface area contributed by atoms with Crippen molar-refractivity contribution >= 4 is 29.5 Å². The van der Waals surface area contributed by atoms with E-state index in [2.05, 4.69) is 15.3 Å². The summed E-state index contributed by atoms with van der Waals surface area (Å²) in [5, 5.41) is 20.7. The van der Waals surface area contributed by atoms with Crippen LogP contribution < -0.4 is 10.8 Å². The van der Waals surface area contributed by atoms with Crippen molar-refractivity contribution < 1.29 is 14.8 Å². The monoisotopic (exact) mass is 310 g/mol. The maximum Gasteiger partial charge on any atom is 0.488 e. The molecule has 8 heteroatoms. The molecule has 0 saturated heterocycles. The number of benzene rings is 1. The molecule has 3 aromatic rings. The van der Waals surface area contributed by atoms with E-state index in [0.29, 0.717) is 23.2 Å². The maximum absolute atomic E-state index is 11.6. The van der Waals surface area contributed by atoms with E-state index in [1.807, 2.05) is 16.7 Å². The van der Waals surface area contributed by atoms with E-state index < -0.39 is 7.12 Å². The summed E-state index contributed by atoms with van der Waals surface area (Å²) in [4.78, 5) is 20.0. The quantitative estimate of drug-likeness (QED) is 0.565. The van der Waals surface area contributed by atoms with Crippen molar-refractivity contribution in [1.29, 1.82) is 0 Å². The maximum atomic E-state index is 11.6. The number of nitrogens with zero attached hydrogens (tertiary/aromatic N) is 3. The van der Waals surface area contributed by atoms with E-state index in [1.54, 1.807) is 37.8 Å². The number of aromatic nitrogens is 3. The molecule has 2 heterocycles. The zero-order chi connectivity index (χ0) is 16.4. The van der Waals surface area contributed by atoms with Crippen LogP contribution in [0.5, 0.6) is 0 Å². The van der Waals surface area contributed by atoms with Gasteiger partial charge in [-0.3, -0.25) is 4.79 Å². The smallest absolute Gasteiger partial charge is 0.423 e. The Balaban J connectivity index is 1.87. The minimum atomic E-state index is -1.47. The van der Waals surface area contributed by atoms with Crippen molar-refractivity contribution in [3.63, 3.8) is 0 Å². The zero-order valence-electron chi connectivity index (χ0n) is 12.5. The van der Waals surface area contributed by atoms with Crippen LogP contribution in [0.3, 0.4) is 0 Å². The van der Waals surface area contributed by atoms with Gasteiger partial charge in [0.15, 0.2) is 0 Å². The minimum Gasteiger partial charge on any atom is -0.423 e. The van der Waals surface area contributed by atoms with Crippen LogP contribution in [-0.4, -0.2) is 44.7 Å². The lowest BCUT2D eigenvalue weighted by molar-refractivity contribution is 0.0958. The van der Waals surface area contributed by atoms with Crippen LogP contribution in [0.1, 0.15) is 16.1 Å². The van der Waals surface area contributed by atoms with Crippen LogP contribution in [0.25, 0.3) is 11.0 Å². The number of pyridine rings is 1. The van der Waals surface area contributed by atoms with Gasteiger partial charge in [0.2, 0.25) is 0 Å². The molecule has 23 heavy (non-hydrogen) atoms. The molecule has 0 saturated carbocycles. The van der Waals surface area contributed by atoms with E-state index in [1.165, 1.54) is 0 Å². The first-order valence-corrected chi connectivity index (χ1v) is 7.06. The SMILES string of the molecule is CNC(=O)c1cc2ncn(Cc3ccc(B(O)O)cc3)c2cn1. The highest BCUT2D eigenvalue weighted by atomic mass is 16.4.